The molecule has 2 rings (SSSR count). The van der Waals surface area contributed by atoms with E-state index < -0.39 is 17.5 Å². The van der Waals surface area contributed by atoms with Crippen molar-refractivity contribution < 1.29 is 15.0 Å². The summed E-state index contributed by atoms with van der Waals surface area (Å²) in [6.45, 7) is 1.81. The van der Waals surface area contributed by atoms with Crippen molar-refractivity contribution in [3.05, 3.63) is 23.8 Å². The molecular weight excluding hydrogens is 196 g/mol. The summed E-state index contributed by atoms with van der Waals surface area (Å²) < 4.78 is 0. The van der Waals surface area contributed by atoms with Crippen LogP contribution in [-0.4, -0.2) is 32.3 Å². The molecule has 1 aromatic rings. The molecule has 5 heteroatoms. The van der Waals surface area contributed by atoms with Crippen molar-refractivity contribution in [2.45, 2.75) is 31.3 Å². The summed E-state index contributed by atoms with van der Waals surface area (Å²) in [7, 11) is 0. The molecule has 0 spiro atoms. The van der Waals surface area contributed by atoms with Gasteiger partial charge in [-0.05, 0) is 19.8 Å². The van der Waals surface area contributed by atoms with Gasteiger partial charge in [0.15, 0.2) is 6.10 Å². The first-order valence-electron chi connectivity index (χ1n) is 4.76. The quantitative estimate of drug-likeness (QED) is 0.744. The van der Waals surface area contributed by atoms with E-state index in [2.05, 4.69) is 9.97 Å². The Kier molecular flexibility index (Phi) is 2.19. The Bertz CT molecular complexity index is 384. The van der Waals surface area contributed by atoms with Crippen LogP contribution in [0.4, 0.5) is 0 Å². The molecule has 15 heavy (non-hydrogen) atoms. The van der Waals surface area contributed by atoms with Crippen LogP contribution in [0.15, 0.2) is 12.4 Å². The van der Waals surface area contributed by atoms with Crippen LogP contribution >= 0.6 is 0 Å². The molecule has 1 aromatic heterocycles. The normalized spacial score (nSPS) is 19.6. The zero-order valence-electron chi connectivity index (χ0n) is 8.34. The summed E-state index contributed by atoms with van der Waals surface area (Å²) in [4.78, 5) is 18.9. The zero-order chi connectivity index (χ0) is 11.1. The lowest BCUT2D eigenvalue weighted by Gasteiger charge is -2.17. The van der Waals surface area contributed by atoms with Gasteiger partial charge in [-0.2, -0.15) is 0 Å². The molecule has 0 aliphatic heterocycles. The highest BCUT2D eigenvalue weighted by molar-refractivity contribution is 5.75. The molecule has 1 saturated carbocycles. The van der Waals surface area contributed by atoms with E-state index >= 15 is 0 Å². The van der Waals surface area contributed by atoms with Crippen molar-refractivity contribution in [1.29, 1.82) is 0 Å². The Morgan fingerprint density at radius 3 is 2.53 bits per heavy atom. The number of hydrogen-bond acceptors (Lipinski definition) is 4. The van der Waals surface area contributed by atoms with Gasteiger partial charge in [0.1, 0.15) is 0 Å². The zero-order valence-corrected chi connectivity index (χ0v) is 8.34. The molecule has 1 atom stereocenters. The van der Waals surface area contributed by atoms with Crippen LogP contribution in [0.5, 0.6) is 0 Å². The molecule has 0 radical (unpaired) electrons. The molecule has 0 aromatic carbocycles. The summed E-state index contributed by atoms with van der Waals surface area (Å²) in [5.41, 5.74) is 0.648. The van der Waals surface area contributed by atoms with Crippen molar-refractivity contribution in [2.75, 3.05) is 0 Å². The third-order valence-corrected chi connectivity index (χ3v) is 2.84. The Morgan fingerprint density at radius 2 is 2.13 bits per heavy atom. The Balaban J connectivity index is 2.30. The van der Waals surface area contributed by atoms with Gasteiger partial charge in [0.2, 0.25) is 0 Å². The lowest BCUT2D eigenvalue weighted by Crippen LogP contribution is -2.34. The molecule has 1 unspecified atom stereocenters. The number of aryl methyl sites for hydroxylation is 1. The highest BCUT2D eigenvalue weighted by Gasteiger charge is 2.54. The number of nitrogens with zero attached hydrogens (tertiary/aromatic N) is 2. The summed E-state index contributed by atoms with van der Waals surface area (Å²) in [6, 6.07) is 0. The molecule has 5 nitrogen and oxygen atoms in total. The monoisotopic (exact) mass is 208 g/mol. The molecule has 1 heterocycles. The second kappa shape index (κ2) is 3.27. The first kappa shape index (κ1) is 10.0. The van der Waals surface area contributed by atoms with Crippen LogP contribution in [0.2, 0.25) is 0 Å². The number of aliphatic hydroxyl groups excluding tert-OH is 1. The van der Waals surface area contributed by atoms with Gasteiger partial charge in [-0.25, -0.2) is 4.79 Å². The van der Waals surface area contributed by atoms with Gasteiger partial charge in [0, 0.05) is 12.4 Å². The second-order valence-electron chi connectivity index (χ2n) is 3.94. The second-order valence-corrected chi connectivity index (χ2v) is 3.94. The van der Waals surface area contributed by atoms with Gasteiger partial charge in [0.05, 0.1) is 16.8 Å². The molecule has 2 N–H and O–H groups in total. The summed E-state index contributed by atoms with van der Waals surface area (Å²) >= 11 is 0. The number of aliphatic carboxylic acids is 1. The number of aromatic nitrogens is 2. The minimum absolute atomic E-state index is 0.572. The van der Waals surface area contributed by atoms with E-state index in [9.17, 15) is 9.90 Å². The van der Waals surface area contributed by atoms with Crippen LogP contribution in [0, 0.1) is 6.92 Å². The van der Waals surface area contributed by atoms with Gasteiger partial charge in [-0.3, -0.25) is 9.97 Å². The van der Waals surface area contributed by atoms with E-state index in [-0.39, 0.29) is 0 Å². The molecule has 0 bridgehead atoms. The van der Waals surface area contributed by atoms with Crippen LogP contribution in [0.3, 0.4) is 0 Å². The standard InChI is InChI=1S/C10H12N2O3/c1-6-4-12-7(5-11-6)10(2-3-10)8(13)9(14)15/h4-5,8,13H,2-3H2,1H3,(H,14,15). The number of carboxylic acid groups (broad SMARTS) is 1. The maximum absolute atomic E-state index is 10.7. The van der Waals surface area contributed by atoms with E-state index in [1.54, 1.807) is 12.4 Å². The molecular formula is C10H12N2O3. The first-order chi connectivity index (χ1) is 7.06. The van der Waals surface area contributed by atoms with Gasteiger partial charge in [-0.15, -0.1) is 0 Å². The molecule has 1 fully saturated rings. The van der Waals surface area contributed by atoms with Gasteiger partial charge >= 0.3 is 5.97 Å². The van der Waals surface area contributed by atoms with Gasteiger partial charge in [-0.1, -0.05) is 0 Å². The number of rotatable bonds is 3. The smallest absolute Gasteiger partial charge is 0.333 e. The summed E-state index contributed by atoms with van der Waals surface area (Å²) in [5, 5.41) is 18.3. The summed E-state index contributed by atoms with van der Waals surface area (Å²) in [6.07, 6.45) is 3.06. The highest BCUT2D eigenvalue weighted by Crippen LogP contribution is 2.50. The lowest BCUT2D eigenvalue weighted by molar-refractivity contribution is -0.148. The molecule has 0 saturated heterocycles. The predicted molar refractivity (Wildman–Crippen MR) is 51.3 cm³/mol. The fraction of sp³-hybridized carbons (Fsp3) is 0.500. The van der Waals surface area contributed by atoms with Crippen LogP contribution in [0.25, 0.3) is 0 Å². The minimum atomic E-state index is -1.38. The SMILES string of the molecule is Cc1cnc(C2(C(O)C(=O)O)CC2)cn1. The Hall–Kier alpha value is -1.49. The third kappa shape index (κ3) is 1.59. The number of carbonyl (C=O) groups is 1. The minimum Gasteiger partial charge on any atom is -0.479 e. The maximum Gasteiger partial charge on any atom is 0.333 e. The van der Waals surface area contributed by atoms with Crippen molar-refractivity contribution in [2.24, 2.45) is 0 Å². The van der Waals surface area contributed by atoms with E-state index in [1.165, 1.54) is 0 Å². The topological polar surface area (TPSA) is 83.3 Å². The Labute approximate surface area is 86.8 Å². The first-order valence-corrected chi connectivity index (χ1v) is 4.76. The third-order valence-electron chi connectivity index (χ3n) is 2.84. The van der Waals surface area contributed by atoms with E-state index in [1.807, 2.05) is 6.92 Å². The van der Waals surface area contributed by atoms with E-state index in [0.29, 0.717) is 18.5 Å². The molecule has 1 aliphatic rings. The van der Waals surface area contributed by atoms with Crippen molar-refractivity contribution in [3.63, 3.8) is 0 Å². The van der Waals surface area contributed by atoms with Crippen molar-refractivity contribution >= 4 is 5.97 Å². The molecule has 0 amide bonds. The van der Waals surface area contributed by atoms with E-state index in [4.69, 9.17) is 5.11 Å². The van der Waals surface area contributed by atoms with Crippen molar-refractivity contribution in [1.82, 2.24) is 9.97 Å². The van der Waals surface area contributed by atoms with Crippen LogP contribution < -0.4 is 0 Å². The average Bonchev–Trinajstić information content (AvgIpc) is 2.99. The van der Waals surface area contributed by atoms with Crippen molar-refractivity contribution in [3.8, 4) is 0 Å². The number of aliphatic hydroxyl groups is 1. The number of carboxylic acids is 1. The van der Waals surface area contributed by atoms with Gasteiger partial charge < -0.3 is 10.2 Å². The fourth-order valence-electron chi connectivity index (χ4n) is 1.69. The highest BCUT2D eigenvalue weighted by atomic mass is 16.4. The molecule has 80 valence electrons. The molecule has 1 aliphatic carbocycles. The van der Waals surface area contributed by atoms with E-state index in [0.717, 1.165) is 5.69 Å². The van der Waals surface area contributed by atoms with Crippen LogP contribution in [0.1, 0.15) is 24.2 Å². The predicted octanol–water partition coefficient (Wildman–Crippen LogP) is 0.262. The maximum atomic E-state index is 10.7. The largest absolute Gasteiger partial charge is 0.479 e. The summed E-state index contributed by atoms with van der Waals surface area (Å²) in [5.74, 6) is -1.20. The lowest BCUT2D eigenvalue weighted by atomic mass is 9.95. The Morgan fingerprint density at radius 1 is 1.47 bits per heavy atom. The van der Waals surface area contributed by atoms with Gasteiger partial charge in [0.25, 0.3) is 0 Å². The average molecular weight is 208 g/mol. The fourth-order valence-corrected chi connectivity index (χ4v) is 1.69. The van der Waals surface area contributed by atoms with Crippen LogP contribution in [-0.2, 0) is 10.2 Å². The number of hydrogen-bond donors (Lipinski definition) is 2.